The average Bonchev–Trinajstić information content (AvgIpc) is 3.73. The van der Waals surface area contributed by atoms with E-state index in [4.69, 9.17) is 28.9 Å². The molecule has 3 aromatic carbocycles. The van der Waals surface area contributed by atoms with E-state index in [1.807, 2.05) is 6.07 Å². The smallest absolute Gasteiger partial charge is 0.407 e. The molecule has 1 aliphatic heterocycles. The van der Waals surface area contributed by atoms with E-state index in [2.05, 4.69) is 22.0 Å². The van der Waals surface area contributed by atoms with E-state index in [0.717, 1.165) is 12.1 Å². The molecular formula is C41H38F3N5O8S. The second kappa shape index (κ2) is 20.8. The molecule has 17 heteroatoms. The van der Waals surface area contributed by atoms with Crippen LogP contribution >= 0.6 is 11.8 Å². The number of hydrogen-bond donors (Lipinski definition) is 1. The highest BCUT2D eigenvalue weighted by Gasteiger charge is 2.47. The van der Waals surface area contributed by atoms with Crippen LogP contribution in [-0.2, 0) is 47.2 Å². The number of thioether (sulfide) groups is 1. The predicted octanol–water partition coefficient (Wildman–Crippen LogP) is 6.41. The number of benzene rings is 3. The van der Waals surface area contributed by atoms with E-state index in [1.165, 1.54) is 71.6 Å². The maximum absolute atomic E-state index is 15.9. The topological polar surface area (TPSA) is 164 Å². The van der Waals surface area contributed by atoms with Gasteiger partial charge in [-0.3, -0.25) is 4.79 Å². The normalized spacial score (nSPS) is 16.9. The van der Waals surface area contributed by atoms with Crippen LogP contribution in [0.5, 0.6) is 0 Å². The highest BCUT2D eigenvalue weighted by Crippen LogP contribution is 2.42. The number of rotatable bonds is 17. The third kappa shape index (κ3) is 11.7. The first-order chi connectivity index (χ1) is 28.0. The number of ether oxygens (including phenoxy) is 5. The molecule has 0 spiro atoms. The monoisotopic (exact) mass is 817 g/mol. The molecule has 0 aliphatic carbocycles. The van der Waals surface area contributed by atoms with E-state index in [0.29, 0.717) is 11.6 Å². The summed E-state index contributed by atoms with van der Waals surface area (Å²) in [5.74, 6) is -4.08. The van der Waals surface area contributed by atoms with Crippen LogP contribution in [0.25, 0.3) is 6.08 Å². The van der Waals surface area contributed by atoms with Crippen molar-refractivity contribution in [1.82, 2.24) is 20.1 Å². The molecule has 58 heavy (non-hydrogen) atoms. The van der Waals surface area contributed by atoms with Crippen LogP contribution in [0.15, 0.2) is 104 Å². The van der Waals surface area contributed by atoms with Gasteiger partial charge in [0.05, 0.1) is 42.2 Å². The molecule has 1 N–H and O–H groups in total. The van der Waals surface area contributed by atoms with Gasteiger partial charge in [0.15, 0.2) is 11.9 Å². The van der Waals surface area contributed by atoms with Gasteiger partial charge in [0.2, 0.25) is 0 Å². The summed E-state index contributed by atoms with van der Waals surface area (Å²) >= 11 is 1.29. The fourth-order valence-electron chi connectivity index (χ4n) is 5.73. The molecule has 1 fully saturated rings. The van der Waals surface area contributed by atoms with E-state index >= 15 is 4.39 Å². The van der Waals surface area contributed by atoms with Gasteiger partial charge in [-0.2, -0.15) is 10.4 Å². The Kier molecular flexibility index (Phi) is 15.4. The zero-order valence-electron chi connectivity index (χ0n) is 31.1. The highest BCUT2D eigenvalue weighted by atomic mass is 32.2. The Morgan fingerprint density at radius 3 is 2.59 bits per heavy atom. The number of nitrogens with one attached hydrogen (secondary N) is 1. The van der Waals surface area contributed by atoms with Gasteiger partial charge < -0.3 is 29.0 Å². The van der Waals surface area contributed by atoms with Crippen LogP contribution in [0, 0.1) is 28.8 Å². The minimum atomic E-state index is -1.85. The first-order valence-corrected chi connectivity index (χ1v) is 18.6. The quantitative estimate of drug-likeness (QED) is 0.0540. The van der Waals surface area contributed by atoms with Crippen LogP contribution < -0.4 is 5.32 Å². The number of alkyl carbamates (subject to hydrolysis) is 1. The Morgan fingerprint density at radius 2 is 1.88 bits per heavy atom. The van der Waals surface area contributed by atoms with E-state index in [1.54, 1.807) is 37.3 Å². The third-order valence-corrected chi connectivity index (χ3v) is 10.0. The van der Waals surface area contributed by atoms with E-state index in [-0.39, 0.29) is 60.5 Å². The zero-order valence-corrected chi connectivity index (χ0v) is 31.9. The van der Waals surface area contributed by atoms with Crippen molar-refractivity contribution in [2.75, 3.05) is 26.4 Å². The van der Waals surface area contributed by atoms with Gasteiger partial charge in [0.25, 0.3) is 0 Å². The standard InChI is InChI=1S/C41H38F3N5O8S/c1-3-16-53-40(52)47-20-37(50)54-21-30-9-4-6-10-33(30)39(51)57-41(24-49-26-46-25-48-49,34-15-14-31(42)18-36(34)44)27(2)58-32-22-55-38(56-23-32)11-7-5-8-29-13-12-28(19-45)17-35(29)43/h3-15,17-18,25-27,32,38H,1,16,20-24H2,2H3,(H,47,52)/t27-,32?,38?,41-/m1/s1. The van der Waals surface area contributed by atoms with Crippen LogP contribution in [0.3, 0.4) is 0 Å². The Balaban J connectivity index is 1.33. The van der Waals surface area contributed by atoms with Crippen molar-refractivity contribution in [2.24, 2.45) is 0 Å². The van der Waals surface area contributed by atoms with Crippen molar-refractivity contribution in [3.05, 3.63) is 149 Å². The average molecular weight is 818 g/mol. The first kappa shape index (κ1) is 42.9. The van der Waals surface area contributed by atoms with Crippen molar-refractivity contribution in [2.45, 2.75) is 42.5 Å². The third-order valence-electron chi connectivity index (χ3n) is 8.59. The van der Waals surface area contributed by atoms with Crippen molar-refractivity contribution >= 4 is 35.9 Å². The lowest BCUT2D eigenvalue weighted by Crippen LogP contribution is -2.47. The molecule has 0 saturated carbocycles. The van der Waals surface area contributed by atoms with E-state index < -0.39 is 59.2 Å². The number of nitrogens with zero attached hydrogens (tertiary/aromatic N) is 4. The number of carbonyl (C=O) groups is 3. The van der Waals surface area contributed by atoms with Gasteiger partial charge in [-0.15, -0.1) is 11.8 Å². The maximum atomic E-state index is 15.9. The lowest BCUT2D eigenvalue weighted by atomic mass is 9.89. The molecule has 1 saturated heterocycles. The minimum Gasteiger partial charge on any atom is -0.459 e. The summed E-state index contributed by atoms with van der Waals surface area (Å²) in [6.45, 7) is 4.31. The summed E-state index contributed by atoms with van der Waals surface area (Å²) in [7, 11) is 0. The summed E-state index contributed by atoms with van der Waals surface area (Å²) in [6, 6.07) is 15.2. The molecule has 1 aliphatic rings. The highest BCUT2D eigenvalue weighted by molar-refractivity contribution is 8.00. The van der Waals surface area contributed by atoms with Gasteiger partial charge in [-0.25, -0.2) is 32.4 Å². The number of amides is 1. The molecule has 2 heterocycles. The number of esters is 2. The molecular weight excluding hydrogens is 780 g/mol. The molecule has 2 atom stereocenters. The fraction of sp³-hybridized carbons (Fsp3) is 0.268. The molecule has 5 rings (SSSR count). The second-order valence-corrected chi connectivity index (χ2v) is 14.2. The van der Waals surface area contributed by atoms with Gasteiger partial charge in [0.1, 0.15) is 49.9 Å². The summed E-state index contributed by atoms with van der Waals surface area (Å²) in [5, 5.41) is 14.3. The summed E-state index contributed by atoms with van der Waals surface area (Å²) in [6.07, 6.45) is 8.81. The zero-order chi connectivity index (χ0) is 41.5. The number of nitriles is 1. The van der Waals surface area contributed by atoms with Crippen LogP contribution in [0.1, 0.15) is 39.5 Å². The SMILES string of the molecule is C=CCOC(=O)NCC(=O)OCc1ccccc1C(=O)O[C@@](Cn1cncn1)(c1ccc(F)cc1F)[C@@H](C)SC1COC(C=CC=Cc2ccc(C#N)cc2F)OC1. The number of carbonyl (C=O) groups excluding carboxylic acids is 3. The van der Waals surface area contributed by atoms with Crippen molar-refractivity contribution in [3.8, 4) is 6.07 Å². The van der Waals surface area contributed by atoms with Gasteiger partial charge >= 0.3 is 18.0 Å². The number of aromatic nitrogens is 3. The van der Waals surface area contributed by atoms with Crippen molar-refractivity contribution in [1.29, 1.82) is 5.26 Å². The largest absolute Gasteiger partial charge is 0.459 e. The maximum Gasteiger partial charge on any atom is 0.407 e. The molecule has 0 radical (unpaired) electrons. The first-order valence-electron chi connectivity index (χ1n) is 17.7. The molecule has 4 aromatic rings. The molecule has 0 bridgehead atoms. The molecule has 1 amide bonds. The lowest BCUT2D eigenvalue weighted by Gasteiger charge is -2.40. The van der Waals surface area contributed by atoms with E-state index in [9.17, 15) is 23.2 Å². The number of halogens is 3. The Morgan fingerprint density at radius 1 is 1.09 bits per heavy atom. The number of allylic oxidation sites excluding steroid dienone is 2. The Bertz CT molecular complexity index is 2170. The van der Waals surface area contributed by atoms with Crippen molar-refractivity contribution < 1.29 is 51.2 Å². The summed E-state index contributed by atoms with van der Waals surface area (Å²) in [4.78, 5) is 42.3. The summed E-state index contributed by atoms with van der Waals surface area (Å²) in [5.41, 5.74) is -1.24. The molecule has 1 aromatic heterocycles. The summed E-state index contributed by atoms with van der Waals surface area (Å²) < 4.78 is 74.1. The minimum absolute atomic E-state index is 0.00808. The Labute approximate surface area is 336 Å². The number of hydrogen-bond acceptors (Lipinski definition) is 12. The van der Waals surface area contributed by atoms with Crippen LogP contribution in [-0.4, -0.2) is 76.0 Å². The van der Waals surface area contributed by atoms with Gasteiger partial charge in [-0.1, -0.05) is 55.1 Å². The van der Waals surface area contributed by atoms with Crippen LogP contribution in [0.2, 0.25) is 0 Å². The lowest BCUT2D eigenvalue weighted by molar-refractivity contribution is -0.146. The van der Waals surface area contributed by atoms with Gasteiger partial charge in [0, 0.05) is 28.0 Å². The molecule has 0 unspecified atom stereocenters. The Hall–Kier alpha value is -6.22. The van der Waals surface area contributed by atoms with Crippen molar-refractivity contribution in [3.63, 3.8) is 0 Å². The fourth-order valence-corrected chi connectivity index (χ4v) is 7.09. The van der Waals surface area contributed by atoms with Gasteiger partial charge in [-0.05, 0) is 43.3 Å². The predicted molar refractivity (Wildman–Crippen MR) is 205 cm³/mol. The second-order valence-electron chi connectivity index (χ2n) is 12.6. The van der Waals surface area contributed by atoms with Crippen LogP contribution in [0.4, 0.5) is 18.0 Å². The molecule has 302 valence electrons. The molecule has 13 nitrogen and oxygen atoms in total.